The first-order valence-corrected chi connectivity index (χ1v) is 11.0. The number of rotatable bonds is 9. The summed E-state index contributed by atoms with van der Waals surface area (Å²) in [5.41, 5.74) is 2.41. The summed E-state index contributed by atoms with van der Waals surface area (Å²) in [6.45, 7) is 9.45. The highest BCUT2D eigenvalue weighted by Gasteiger charge is 2.06. The third-order valence-corrected chi connectivity index (χ3v) is 5.78. The zero-order valence-corrected chi connectivity index (χ0v) is 18.3. The van der Waals surface area contributed by atoms with Crippen LogP contribution >= 0.6 is 11.3 Å². The Kier molecular flexibility index (Phi) is 7.81. The van der Waals surface area contributed by atoms with Gasteiger partial charge in [-0.05, 0) is 26.3 Å². The maximum absolute atomic E-state index is 4.69. The molecule has 0 bridgehead atoms. The second-order valence-corrected chi connectivity index (χ2v) is 8.18. The van der Waals surface area contributed by atoms with Crippen LogP contribution in [0.3, 0.4) is 0 Å². The number of hydrogen-bond acceptors (Lipinski definition) is 4. The molecule has 0 unspecified atom stereocenters. The molecule has 0 radical (unpaired) electrons. The van der Waals surface area contributed by atoms with Gasteiger partial charge in [0.15, 0.2) is 5.96 Å². The molecule has 0 amide bonds. The van der Waals surface area contributed by atoms with Gasteiger partial charge in [-0.3, -0.25) is 4.99 Å². The van der Waals surface area contributed by atoms with Gasteiger partial charge < -0.3 is 15.2 Å². The van der Waals surface area contributed by atoms with Crippen molar-refractivity contribution in [2.45, 2.75) is 40.2 Å². The van der Waals surface area contributed by atoms with Crippen molar-refractivity contribution in [1.82, 2.24) is 25.2 Å². The molecule has 2 aromatic heterocycles. The maximum Gasteiger partial charge on any atom is 0.191 e. The van der Waals surface area contributed by atoms with Crippen molar-refractivity contribution in [1.29, 1.82) is 0 Å². The molecule has 0 aliphatic carbocycles. The number of nitrogens with one attached hydrogen (secondary N) is 2. The molecule has 7 heteroatoms. The van der Waals surface area contributed by atoms with Gasteiger partial charge in [-0.15, -0.1) is 11.3 Å². The van der Waals surface area contributed by atoms with Crippen LogP contribution in [0.1, 0.15) is 33.9 Å². The van der Waals surface area contributed by atoms with Crippen LogP contribution in [-0.4, -0.2) is 40.1 Å². The van der Waals surface area contributed by atoms with Crippen molar-refractivity contribution in [2.75, 3.05) is 19.6 Å². The van der Waals surface area contributed by atoms with Crippen molar-refractivity contribution in [2.24, 2.45) is 4.99 Å². The van der Waals surface area contributed by atoms with Crippen LogP contribution in [0, 0.1) is 13.8 Å². The Morgan fingerprint density at radius 2 is 1.97 bits per heavy atom. The minimum Gasteiger partial charge on any atom is -0.357 e. The lowest BCUT2D eigenvalue weighted by molar-refractivity contribution is 0.694. The summed E-state index contributed by atoms with van der Waals surface area (Å²) < 4.78 is 2.20. The topological polar surface area (TPSA) is 67.1 Å². The number of imidazole rings is 1. The van der Waals surface area contributed by atoms with E-state index in [0.717, 1.165) is 61.5 Å². The normalized spacial score (nSPS) is 11.6. The Labute approximate surface area is 177 Å². The fraction of sp³-hybridized carbons (Fsp3) is 0.409. The van der Waals surface area contributed by atoms with Crippen molar-refractivity contribution >= 4 is 17.3 Å². The zero-order chi connectivity index (χ0) is 20.5. The van der Waals surface area contributed by atoms with E-state index < -0.39 is 0 Å². The number of aryl methyl sites for hydroxylation is 2. The van der Waals surface area contributed by atoms with E-state index in [1.54, 1.807) is 11.3 Å². The van der Waals surface area contributed by atoms with E-state index in [2.05, 4.69) is 70.2 Å². The molecule has 0 fully saturated rings. The van der Waals surface area contributed by atoms with Gasteiger partial charge in [-0.2, -0.15) is 0 Å². The van der Waals surface area contributed by atoms with E-state index in [-0.39, 0.29) is 0 Å². The van der Waals surface area contributed by atoms with Gasteiger partial charge in [-0.25, -0.2) is 9.97 Å². The summed E-state index contributed by atoms with van der Waals surface area (Å²) in [6, 6.07) is 10.5. The maximum atomic E-state index is 4.69. The minimum atomic E-state index is 0.727. The molecule has 0 aliphatic heterocycles. The molecule has 0 saturated heterocycles. The zero-order valence-electron chi connectivity index (χ0n) is 17.5. The quantitative estimate of drug-likeness (QED) is 0.419. The molecule has 29 heavy (non-hydrogen) atoms. The predicted molar refractivity (Wildman–Crippen MR) is 121 cm³/mol. The van der Waals surface area contributed by atoms with Crippen molar-refractivity contribution in [3.8, 4) is 0 Å². The highest BCUT2D eigenvalue weighted by Crippen LogP contribution is 2.16. The number of aliphatic imine (C=N–C) groups is 1. The fourth-order valence-corrected chi connectivity index (χ4v) is 3.96. The third-order valence-electron chi connectivity index (χ3n) is 4.65. The van der Waals surface area contributed by atoms with Crippen LogP contribution < -0.4 is 10.6 Å². The predicted octanol–water partition coefficient (Wildman–Crippen LogP) is 3.35. The van der Waals surface area contributed by atoms with Crippen LogP contribution in [0.25, 0.3) is 0 Å². The highest BCUT2D eigenvalue weighted by atomic mass is 32.1. The standard InChI is InChI=1S/C22H30N6S/c1-4-23-22(26-13-11-21-27-17(2)18(3)29-21)25-12-10-20-24-14-15-28(20)16-19-8-6-5-7-9-19/h5-9,14-15H,4,10-13,16H2,1-3H3,(H2,23,25,26). The van der Waals surface area contributed by atoms with Gasteiger partial charge in [0.05, 0.1) is 10.7 Å². The molecular formula is C22H30N6S. The van der Waals surface area contributed by atoms with Gasteiger partial charge in [-0.1, -0.05) is 30.3 Å². The molecule has 1 aromatic carbocycles. The highest BCUT2D eigenvalue weighted by molar-refractivity contribution is 7.11. The van der Waals surface area contributed by atoms with Crippen molar-refractivity contribution in [3.05, 3.63) is 69.7 Å². The summed E-state index contributed by atoms with van der Waals surface area (Å²) in [5, 5.41) is 7.89. The molecule has 0 aliphatic rings. The van der Waals surface area contributed by atoms with Gasteiger partial charge in [0, 0.05) is 56.3 Å². The Morgan fingerprint density at radius 1 is 1.14 bits per heavy atom. The molecule has 154 valence electrons. The first-order chi connectivity index (χ1) is 14.2. The molecule has 0 atom stereocenters. The lowest BCUT2D eigenvalue weighted by Gasteiger charge is -2.12. The molecular weight excluding hydrogens is 380 g/mol. The molecule has 2 N–H and O–H groups in total. The average molecular weight is 411 g/mol. The SMILES string of the molecule is CCNC(=NCCc1nc(C)c(C)s1)NCCc1nccn1Cc1ccccc1. The monoisotopic (exact) mass is 410 g/mol. The molecule has 3 rings (SSSR count). The second-order valence-electron chi connectivity index (χ2n) is 6.89. The minimum absolute atomic E-state index is 0.727. The van der Waals surface area contributed by atoms with Crippen LogP contribution in [0.4, 0.5) is 0 Å². The average Bonchev–Trinajstić information content (AvgIpc) is 3.28. The van der Waals surface area contributed by atoms with E-state index >= 15 is 0 Å². The molecule has 0 saturated carbocycles. The van der Waals surface area contributed by atoms with E-state index in [9.17, 15) is 0 Å². The van der Waals surface area contributed by atoms with E-state index in [1.807, 2.05) is 18.5 Å². The fourth-order valence-electron chi connectivity index (χ4n) is 3.04. The molecule has 2 heterocycles. The lowest BCUT2D eigenvalue weighted by Crippen LogP contribution is -2.38. The number of thiazole rings is 1. The number of hydrogen-bond donors (Lipinski definition) is 2. The van der Waals surface area contributed by atoms with Crippen LogP contribution in [0.2, 0.25) is 0 Å². The number of aromatic nitrogens is 3. The Morgan fingerprint density at radius 3 is 2.69 bits per heavy atom. The van der Waals surface area contributed by atoms with Gasteiger partial charge in [0.1, 0.15) is 5.82 Å². The molecule has 0 spiro atoms. The Hall–Kier alpha value is -2.67. The summed E-state index contributed by atoms with van der Waals surface area (Å²) in [4.78, 5) is 15.1. The first kappa shape index (κ1) is 21.0. The second kappa shape index (κ2) is 10.8. The van der Waals surface area contributed by atoms with Gasteiger partial charge >= 0.3 is 0 Å². The number of nitrogens with zero attached hydrogens (tertiary/aromatic N) is 4. The van der Waals surface area contributed by atoms with Crippen molar-refractivity contribution < 1.29 is 0 Å². The van der Waals surface area contributed by atoms with Gasteiger partial charge in [0.25, 0.3) is 0 Å². The van der Waals surface area contributed by atoms with Crippen LogP contribution in [-0.2, 0) is 19.4 Å². The summed E-state index contributed by atoms with van der Waals surface area (Å²) in [6.07, 6.45) is 5.63. The largest absolute Gasteiger partial charge is 0.357 e. The summed E-state index contributed by atoms with van der Waals surface area (Å²) in [7, 11) is 0. The summed E-state index contributed by atoms with van der Waals surface area (Å²) >= 11 is 1.77. The van der Waals surface area contributed by atoms with Crippen molar-refractivity contribution in [3.63, 3.8) is 0 Å². The molecule has 6 nitrogen and oxygen atoms in total. The molecule has 3 aromatic rings. The van der Waals surface area contributed by atoms with E-state index in [0.29, 0.717) is 0 Å². The number of benzene rings is 1. The number of guanidine groups is 1. The first-order valence-electron chi connectivity index (χ1n) is 10.1. The van der Waals surface area contributed by atoms with E-state index in [4.69, 9.17) is 4.99 Å². The Bertz CT molecular complexity index is 893. The van der Waals surface area contributed by atoms with E-state index in [1.165, 1.54) is 10.4 Å². The third kappa shape index (κ3) is 6.42. The van der Waals surface area contributed by atoms with Crippen LogP contribution in [0.5, 0.6) is 0 Å². The lowest BCUT2D eigenvalue weighted by atomic mass is 10.2. The van der Waals surface area contributed by atoms with Crippen LogP contribution in [0.15, 0.2) is 47.7 Å². The van der Waals surface area contributed by atoms with Gasteiger partial charge in [0.2, 0.25) is 0 Å². The Balaban J connectivity index is 1.50. The smallest absolute Gasteiger partial charge is 0.191 e. The summed E-state index contributed by atoms with van der Waals surface area (Å²) in [5.74, 6) is 1.92.